The molecule has 0 unspecified atom stereocenters. The van der Waals surface area contributed by atoms with Crippen molar-refractivity contribution in [2.75, 3.05) is 0 Å². The van der Waals surface area contributed by atoms with Gasteiger partial charge in [0.15, 0.2) is 5.75 Å². The molecule has 30 heavy (non-hydrogen) atoms. The first-order valence-electron chi connectivity index (χ1n) is 9.10. The van der Waals surface area contributed by atoms with Gasteiger partial charge in [-0.05, 0) is 49.9 Å². The normalized spacial score (nSPS) is 17.4. The minimum Gasteiger partial charge on any atom is -0.507 e. The molecular weight excluding hydrogens is 519 g/mol. The van der Waals surface area contributed by atoms with Gasteiger partial charge >= 0.3 is 0 Å². The summed E-state index contributed by atoms with van der Waals surface area (Å²) in [5, 5.41) is 13.4. The van der Waals surface area contributed by atoms with Crippen LogP contribution in [0.3, 0.4) is 0 Å². The van der Waals surface area contributed by atoms with E-state index < -0.39 is 26.2 Å². The monoisotopic (exact) mass is 534 g/mol. The molecule has 160 valence electrons. The fraction of sp³-hybridized carbons (Fsp3) is 0.316. The van der Waals surface area contributed by atoms with Crippen LogP contribution in [-0.4, -0.2) is 31.0 Å². The van der Waals surface area contributed by atoms with E-state index >= 15 is 0 Å². The zero-order valence-electron chi connectivity index (χ0n) is 15.4. The summed E-state index contributed by atoms with van der Waals surface area (Å²) >= 11 is 15.6. The quantitative estimate of drug-likeness (QED) is 0.489. The maximum atomic E-state index is 12.9. The van der Waals surface area contributed by atoms with Crippen LogP contribution in [0, 0.1) is 0 Å². The highest BCUT2D eigenvalue weighted by Crippen LogP contribution is 2.42. The van der Waals surface area contributed by atoms with E-state index in [0.29, 0.717) is 17.3 Å². The second-order valence-corrected chi connectivity index (χ2v) is 10.7. The van der Waals surface area contributed by atoms with E-state index in [1.54, 1.807) is 12.1 Å². The third-order valence-corrected chi connectivity index (χ3v) is 7.42. The largest absolute Gasteiger partial charge is 0.507 e. The van der Waals surface area contributed by atoms with Crippen LogP contribution in [0.5, 0.6) is 17.2 Å². The van der Waals surface area contributed by atoms with Crippen molar-refractivity contribution >= 4 is 55.1 Å². The average molecular weight is 536 g/mol. The molecule has 0 atom stereocenters. The van der Waals surface area contributed by atoms with Crippen molar-refractivity contribution in [1.82, 2.24) is 10.0 Å². The Morgan fingerprint density at radius 1 is 1.17 bits per heavy atom. The van der Waals surface area contributed by atoms with E-state index in [2.05, 4.69) is 26.0 Å². The van der Waals surface area contributed by atoms with Crippen molar-refractivity contribution in [3.8, 4) is 17.2 Å². The topological polar surface area (TPSA) is 105 Å². The molecule has 11 heteroatoms. The summed E-state index contributed by atoms with van der Waals surface area (Å²) in [6.07, 6.45) is 2.59. The number of phenolic OH excluding ortho intramolecular Hbond substituents is 1. The van der Waals surface area contributed by atoms with E-state index in [0.717, 1.165) is 18.9 Å². The number of hydrogen-bond acceptors (Lipinski definition) is 5. The molecule has 2 aliphatic rings. The molecule has 2 aliphatic carbocycles. The zero-order valence-corrected chi connectivity index (χ0v) is 19.3. The Kier molecular flexibility index (Phi) is 5.69. The van der Waals surface area contributed by atoms with Crippen molar-refractivity contribution in [3.05, 3.63) is 44.8 Å². The number of nitrogens with one attached hydrogen (secondary N) is 2. The molecule has 2 saturated carbocycles. The second-order valence-electron chi connectivity index (χ2n) is 7.37. The lowest BCUT2D eigenvalue weighted by Gasteiger charge is -2.18. The van der Waals surface area contributed by atoms with Crippen LogP contribution in [-0.2, 0) is 14.8 Å². The number of hydrogen-bond donors (Lipinski definition) is 3. The smallest absolute Gasteiger partial charge is 0.245 e. The highest BCUT2D eigenvalue weighted by atomic mass is 79.9. The first-order chi connectivity index (χ1) is 14.1. The molecule has 2 aromatic carbocycles. The van der Waals surface area contributed by atoms with Crippen molar-refractivity contribution in [2.24, 2.45) is 0 Å². The summed E-state index contributed by atoms with van der Waals surface area (Å²) in [7, 11) is -4.20. The van der Waals surface area contributed by atoms with Gasteiger partial charge in [-0.2, -0.15) is 4.72 Å². The molecule has 0 aromatic heterocycles. The number of sulfonamides is 1. The summed E-state index contributed by atoms with van der Waals surface area (Å²) in [5.74, 6) is -0.562. The van der Waals surface area contributed by atoms with Gasteiger partial charge in [-0.25, -0.2) is 8.42 Å². The lowest BCUT2D eigenvalue weighted by molar-refractivity contribution is -0.123. The predicted octanol–water partition coefficient (Wildman–Crippen LogP) is 4.34. The number of amides is 1. The molecule has 2 fully saturated rings. The lowest BCUT2D eigenvalue weighted by atomic mass is 10.3. The highest BCUT2D eigenvalue weighted by Gasteiger charge is 2.53. The predicted molar refractivity (Wildman–Crippen MR) is 116 cm³/mol. The van der Waals surface area contributed by atoms with E-state index in [1.807, 2.05) is 0 Å². The summed E-state index contributed by atoms with van der Waals surface area (Å²) in [4.78, 5) is 12.0. The van der Waals surface area contributed by atoms with Gasteiger partial charge in [0.25, 0.3) is 0 Å². The van der Waals surface area contributed by atoms with Gasteiger partial charge in [0.05, 0.1) is 10.0 Å². The Balaban J connectivity index is 1.59. The number of benzene rings is 2. The molecule has 3 N–H and O–H groups in total. The minimum absolute atomic E-state index is 0.103. The average Bonchev–Trinajstić information content (AvgIpc) is 3.56. The highest BCUT2D eigenvalue weighted by molar-refractivity contribution is 9.10. The van der Waals surface area contributed by atoms with Crippen LogP contribution in [0.25, 0.3) is 0 Å². The fourth-order valence-electron chi connectivity index (χ4n) is 2.88. The Morgan fingerprint density at radius 3 is 2.37 bits per heavy atom. The van der Waals surface area contributed by atoms with Crippen LogP contribution in [0.2, 0.25) is 10.0 Å². The van der Waals surface area contributed by atoms with Crippen LogP contribution < -0.4 is 14.8 Å². The molecule has 0 aliphatic heterocycles. The number of rotatable bonds is 7. The maximum absolute atomic E-state index is 12.9. The molecule has 1 amide bonds. The Bertz CT molecular complexity index is 1110. The molecule has 0 radical (unpaired) electrons. The Morgan fingerprint density at radius 2 is 1.80 bits per heavy atom. The van der Waals surface area contributed by atoms with Gasteiger partial charge in [-0.1, -0.05) is 39.1 Å². The number of aromatic hydroxyl groups is 1. The van der Waals surface area contributed by atoms with Gasteiger partial charge in [0.2, 0.25) is 15.9 Å². The zero-order chi connectivity index (χ0) is 21.7. The van der Waals surface area contributed by atoms with E-state index in [1.165, 1.54) is 12.1 Å². The molecule has 0 heterocycles. The van der Waals surface area contributed by atoms with E-state index in [-0.39, 0.29) is 33.5 Å². The molecular formula is C19H17BrCl2N2O5S. The fourth-order valence-corrected chi connectivity index (χ4v) is 5.70. The van der Waals surface area contributed by atoms with Crippen LogP contribution in [0.1, 0.15) is 25.7 Å². The van der Waals surface area contributed by atoms with Gasteiger partial charge in [0.1, 0.15) is 21.9 Å². The molecule has 0 saturated heterocycles. The second kappa shape index (κ2) is 7.87. The third kappa shape index (κ3) is 4.55. The number of phenols is 1. The van der Waals surface area contributed by atoms with Crippen LogP contribution >= 0.6 is 39.1 Å². The number of carbonyl (C=O) groups is 1. The first kappa shape index (κ1) is 21.7. The van der Waals surface area contributed by atoms with Gasteiger partial charge < -0.3 is 15.2 Å². The Hall–Kier alpha value is -1.52. The van der Waals surface area contributed by atoms with Gasteiger partial charge in [0, 0.05) is 16.6 Å². The maximum Gasteiger partial charge on any atom is 0.245 e. The lowest BCUT2D eigenvalue weighted by Crippen LogP contribution is -2.49. The standard InChI is InChI=1S/C19H17BrCl2N2O5S/c20-10-7-13(21)17(14(22)8-10)29-12-3-4-15(25)16(9-12)30(27,28)24-19(5-6-19)18(26)23-11-1-2-11/h3-4,7-9,11,24-25H,1-2,5-6H2,(H,23,26). The van der Waals surface area contributed by atoms with Gasteiger partial charge in [-0.3, -0.25) is 4.79 Å². The third-order valence-electron chi connectivity index (χ3n) is 4.83. The molecule has 2 aromatic rings. The van der Waals surface area contributed by atoms with Crippen molar-refractivity contribution < 1.29 is 23.1 Å². The van der Waals surface area contributed by atoms with Crippen molar-refractivity contribution in [1.29, 1.82) is 0 Å². The number of halogens is 3. The number of ether oxygens (including phenoxy) is 1. The Labute approximate surface area is 191 Å². The number of carbonyl (C=O) groups excluding carboxylic acids is 1. The molecule has 0 bridgehead atoms. The summed E-state index contributed by atoms with van der Waals surface area (Å²) in [6, 6.07) is 7.01. The van der Waals surface area contributed by atoms with Crippen molar-refractivity contribution in [2.45, 2.75) is 42.2 Å². The minimum atomic E-state index is -4.20. The molecule has 4 rings (SSSR count). The van der Waals surface area contributed by atoms with Gasteiger partial charge in [-0.15, -0.1) is 0 Å². The van der Waals surface area contributed by atoms with Crippen LogP contribution in [0.4, 0.5) is 0 Å². The summed E-state index contributed by atoms with van der Waals surface area (Å²) in [6.45, 7) is 0. The van der Waals surface area contributed by atoms with E-state index in [9.17, 15) is 18.3 Å². The molecule has 0 spiro atoms. The van der Waals surface area contributed by atoms with E-state index in [4.69, 9.17) is 27.9 Å². The molecule has 7 nitrogen and oxygen atoms in total. The van der Waals surface area contributed by atoms with Crippen molar-refractivity contribution in [3.63, 3.8) is 0 Å². The SMILES string of the molecule is O=C(NC1CC1)C1(NS(=O)(=O)c2cc(Oc3c(Cl)cc(Br)cc3Cl)ccc2O)CC1. The first-order valence-corrected chi connectivity index (χ1v) is 12.1. The van der Waals surface area contributed by atoms with Crippen LogP contribution in [0.15, 0.2) is 39.7 Å². The summed E-state index contributed by atoms with van der Waals surface area (Å²) in [5.41, 5.74) is -1.18. The summed E-state index contributed by atoms with van der Waals surface area (Å²) < 4.78 is 34.6.